The lowest BCUT2D eigenvalue weighted by atomic mass is 10.1. The number of hydrogen-bond acceptors (Lipinski definition) is 3. The summed E-state index contributed by atoms with van der Waals surface area (Å²) in [6, 6.07) is 10.7. The number of hydrogen-bond donors (Lipinski definition) is 1. The minimum absolute atomic E-state index is 0.0451. The van der Waals surface area contributed by atoms with Crippen LogP contribution in [-0.2, 0) is 16.1 Å². The number of benzene rings is 2. The standard InChI is InChI=1S/C23H28BrFN2O3/c1-5-21(23(29)26-15(2)3)27(13-17-6-8-18(25)9-7-17)22(28)14-30-19-10-11-20(24)16(4)12-19/h6-12,15,21H,5,13-14H2,1-4H3,(H,26,29)/t21-/m1/s1. The van der Waals surface area contributed by atoms with Gasteiger partial charge in [-0.2, -0.15) is 0 Å². The molecule has 2 rings (SSSR count). The van der Waals surface area contributed by atoms with E-state index < -0.39 is 6.04 Å². The molecule has 0 radical (unpaired) electrons. The van der Waals surface area contributed by atoms with Gasteiger partial charge < -0.3 is 15.0 Å². The molecule has 7 heteroatoms. The zero-order valence-electron chi connectivity index (χ0n) is 17.7. The maximum Gasteiger partial charge on any atom is 0.261 e. The van der Waals surface area contributed by atoms with Crippen molar-refractivity contribution >= 4 is 27.7 Å². The Bertz CT molecular complexity index is 871. The highest BCUT2D eigenvalue weighted by molar-refractivity contribution is 9.10. The SMILES string of the molecule is CC[C@H](C(=O)NC(C)C)N(Cc1ccc(F)cc1)C(=O)COc1ccc(Br)c(C)c1. The van der Waals surface area contributed by atoms with E-state index >= 15 is 0 Å². The largest absolute Gasteiger partial charge is 0.484 e. The molecule has 0 fully saturated rings. The van der Waals surface area contributed by atoms with E-state index in [0.29, 0.717) is 12.2 Å². The summed E-state index contributed by atoms with van der Waals surface area (Å²) in [6.07, 6.45) is 0.447. The first-order chi connectivity index (χ1) is 14.2. The van der Waals surface area contributed by atoms with Crippen molar-refractivity contribution in [3.63, 3.8) is 0 Å². The molecule has 0 bridgehead atoms. The Balaban J connectivity index is 2.21. The summed E-state index contributed by atoms with van der Waals surface area (Å²) in [5, 5.41) is 2.87. The Morgan fingerprint density at radius 2 is 1.83 bits per heavy atom. The molecule has 2 aromatic rings. The summed E-state index contributed by atoms with van der Waals surface area (Å²) in [5.41, 5.74) is 1.73. The molecular formula is C23H28BrFN2O3. The van der Waals surface area contributed by atoms with Crippen LogP contribution in [0.4, 0.5) is 4.39 Å². The number of ether oxygens (including phenoxy) is 1. The number of carbonyl (C=O) groups excluding carboxylic acids is 2. The third-order valence-corrected chi connectivity index (χ3v) is 5.46. The number of aryl methyl sites for hydroxylation is 1. The molecule has 0 spiro atoms. The molecular weight excluding hydrogens is 451 g/mol. The summed E-state index contributed by atoms with van der Waals surface area (Å²) in [7, 11) is 0. The number of nitrogens with zero attached hydrogens (tertiary/aromatic N) is 1. The van der Waals surface area contributed by atoms with Crippen molar-refractivity contribution in [2.75, 3.05) is 6.61 Å². The Kier molecular flexibility index (Phi) is 8.84. The van der Waals surface area contributed by atoms with E-state index in [1.54, 1.807) is 18.2 Å². The Labute approximate surface area is 185 Å². The number of rotatable bonds is 9. The van der Waals surface area contributed by atoms with Crippen molar-refractivity contribution in [3.8, 4) is 5.75 Å². The van der Waals surface area contributed by atoms with Crippen LogP contribution in [0.15, 0.2) is 46.9 Å². The molecule has 1 N–H and O–H groups in total. The molecule has 2 amide bonds. The average Bonchev–Trinajstić information content (AvgIpc) is 2.69. The fourth-order valence-corrected chi connectivity index (χ4v) is 3.27. The summed E-state index contributed by atoms with van der Waals surface area (Å²) < 4.78 is 19.9. The first kappa shape index (κ1) is 23.9. The number of nitrogens with one attached hydrogen (secondary N) is 1. The van der Waals surface area contributed by atoms with Crippen molar-refractivity contribution in [1.82, 2.24) is 10.2 Å². The van der Waals surface area contributed by atoms with Crippen LogP contribution in [0, 0.1) is 12.7 Å². The summed E-state index contributed by atoms with van der Waals surface area (Å²) in [5.74, 6) is -0.311. The van der Waals surface area contributed by atoms with Gasteiger partial charge >= 0.3 is 0 Å². The molecule has 162 valence electrons. The fourth-order valence-electron chi connectivity index (χ4n) is 3.02. The van der Waals surface area contributed by atoms with Gasteiger partial charge in [0.25, 0.3) is 5.91 Å². The van der Waals surface area contributed by atoms with E-state index in [1.165, 1.54) is 17.0 Å². The van der Waals surface area contributed by atoms with Gasteiger partial charge in [-0.05, 0) is 68.7 Å². The third kappa shape index (κ3) is 6.83. The van der Waals surface area contributed by atoms with Crippen molar-refractivity contribution in [2.24, 2.45) is 0 Å². The second-order valence-corrected chi connectivity index (χ2v) is 8.29. The molecule has 30 heavy (non-hydrogen) atoms. The van der Waals surface area contributed by atoms with Crippen LogP contribution in [-0.4, -0.2) is 35.4 Å². The third-order valence-electron chi connectivity index (χ3n) is 4.57. The van der Waals surface area contributed by atoms with E-state index in [-0.39, 0.29) is 36.8 Å². The summed E-state index contributed by atoms with van der Waals surface area (Å²) in [6.45, 7) is 7.52. The van der Waals surface area contributed by atoms with Gasteiger partial charge in [0.1, 0.15) is 17.6 Å². The molecule has 0 aliphatic rings. The highest BCUT2D eigenvalue weighted by Crippen LogP contribution is 2.22. The Hall–Kier alpha value is -2.41. The molecule has 0 unspecified atom stereocenters. The zero-order valence-corrected chi connectivity index (χ0v) is 19.3. The minimum Gasteiger partial charge on any atom is -0.484 e. The number of carbonyl (C=O) groups is 2. The van der Waals surface area contributed by atoms with E-state index in [4.69, 9.17) is 4.74 Å². The molecule has 0 saturated heterocycles. The van der Waals surface area contributed by atoms with Crippen LogP contribution in [0.5, 0.6) is 5.75 Å². The van der Waals surface area contributed by atoms with Crippen LogP contribution in [0.25, 0.3) is 0 Å². The average molecular weight is 479 g/mol. The normalized spacial score (nSPS) is 11.8. The maximum atomic E-state index is 13.3. The number of amides is 2. The molecule has 0 aliphatic carbocycles. The molecule has 0 heterocycles. The van der Waals surface area contributed by atoms with E-state index in [1.807, 2.05) is 39.8 Å². The van der Waals surface area contributed by atoms with Gasteiger partial charge in [-0.25, -0.2) is 4.39 Å². The minimum atomic E-state index is -0.653. The molecule has 1 atom stereocenters. The first-order valence-corrected chi connectivity index (χ1v) is 10.7. The lowest BCUT2D eigenvalue weighted by Gasteiger charge is -2.31. The van der Waals surface area contributed by atoms with Gasteiger partial charge in [0.15, 0.2) is 6.61 Å². The van der Waals surface area contributed by atoms with Crippen molar-refractivity contribution in [2.45, 2.75) is 52.7 Å². The zero-order chi connectivity index (χ0) is 22.3. The molecule has 2 aromatic carbocycles. The van der Waals surface area contributed by atoms with Crippen LogP contribution >= 0.6 is 15.9 Å². The van der Waals surface area contributed by atoms with Gasteiger partial charge in [-0.1, -0.05) is 35.0 Å². The molecule has 0 aromatic heterocycles. The lowest BCUT2D eigenvalue weighted by Crippen LogP contribution is -2.51. The smallest absolute Gasteiger partial charge is 0.261 e. The van der Waals surface area contributed by atoms with E-state index in [9.17, 15) is 14.0 Å². The monoisotopic (exact) mass is 478 g/mol. The van der Waals surface area contributed by atoms with Crippen LogP contribution in [0.1, 0.15) is 38.3 Å². The first-order valence-electron chi connectivity index (χ1n) is 9.94. The molecule has 0 aliphatic heterocycles. The van der Waals surface area contributed by atoms with Crippen LogP contribution in [0.2, 0.25) is 0 Å². The second kappa shape index (κ2) is 11.1. The quantitative estimate of drug-likeness (QED) is 0.572. The fraction of sp³-hybridized carbons (Fsp3) is 0.391. The summed E-state index contributed by atoms with van der Waals surface area (Å²) in [4.78, 5) is 27.3. The van der Waals surface area contributed by atoms with E-state index in [0.717, 1.165) is 15.6 Å². The van der Waals surface area contributed by atoms with Crippen LogP contribution in [0.3, 0.4) is 0 Å². The summed E-state index contributed by atoms with van der Waals surface area (Å²) >= 11 is 3.44. The highest BCUT2D eigenvalue weighted by atomic mass is 79.9. The van der Waals surface area contributed by atoms with Crippen molar-refractivity contribution < 1.29 is 18.7 Å². The Morgan fingerprint density at radius 1 is 1.17 bits per heavy atom. The predicted octanol–water partition coefficient (Wildman–Crippen LogP) is 4.61. The van der Waals surface area contributed by atoms with E-state index in [2.05, 4.69) is 21.2 Å². The topological polar surface area (TPSA) is 58.6 Å². The van der Waals surface area contributed by atoms with Gasteiger partial charge in [0, 0.05) is 17.1 Å². The predicted molar refractivity (Wildman–Crippen MR) is 119 cm³/mol. The van der Waals surface area contributed by atoms with Gasteiger partial charge in [0.05, 0.1) is 0 Å². The second-order valence-electron chi connectivity index (χ2n) is 7.44. The van der Waals surface area contributed by atoms with Crippen molar-refractivity contribution in [3.05, 3.63) is 63.9 Å². The van der Waals surface area contributed by atoms with Gasteiger partial charge in [0.2, 0.25) is 5.91 Å². The van der Waals surface area contributed by atoms with Gasteiger partial charge in [-0.3, -0.25) is 9.59 Å². The molecule has 5 nitrogen and oxygen atoms in total. The number of halogens is 2. The Morgan fingerprint density at radius 3 is 2.40 bits per heavy atom. The highest BCUT2D eigenvalue weighted by Gasteiger charge is 2.29. The van der Waals surface area contributed by atoms with Crippen LogP contribution < -0.4 is 10.1 Å². The maximum absolute atomic E-state index is 13.3. The van der Waals surface area contributed by atoms with Gasteiger partial charge in [-0.15, -0.1) is 0 Å². The van der Waals surface area contributed by atoms with Crippen molar-refractivity contribution in [1.29, 1.82) is 0 Å². The molecule has 0 saturated carbocycles. The lowest BCUT2D eigenvalue weighted by molar-refractivity contribution is -0.143.